The van der Waals surface area contributed by atoms with Gasteiger partial charge in [-0.15, -0.1) is 0 Å². The minimum atomic E-state index is -1.19. The number of H-pyrrole nitrogens is 1. The predicted octanol–water partition coefficient (Wildman–Crippen LogP) is -2.64. The summed E-state index contributed by atoms with van der Waals surface area (Å²) in [5, 5.41) is 28.7. The van der Waals surface area contributed by atoms with E-state index in [1.165, 1.54) is 29.5 Å². The van der Waals surface area contributed by atoms with Crippen LogP contribution in [-0.2, 0) is 14.2 Å². The summed E-state index contributed by atoms with van der Waals surface area (Å²) in [4.78, 5) is 27.8. The number of aliphatic hydroxyl groups excluding tert-OH is 3. The molecule has 32 heavy (non-hydrogen) atoms. The zero-order valence-electron chi connectivity index (χ0n) is 16.8. The third-order valence-corrected chi connectivity index (χ3v) is 4.41. The van der Waals surface area contributed by atoms with E-state index in [1.54, 1.807) is 0 Å². The number of aliphatic hydroxyl groups is 3. The molecular weight excluding hydrogens is 428 g/mol. The molecule has 174 valence electrons. The Balaban J connectivity index is 0.000000181. The van der Waals surface area contributed by atoms with Crippen molar-refractivity contribution < 1.29 is 29.5 Å². The number of nitrogens with zero attached hydrogens (tertiary/aromatic N) is 5. The second-order valence-corrected chi connectivity index (χ2v) is 6.57. The summed E-state index contributed by atoms with van der Waals surface area (Å²) >= 11 is 0. The molecule has 0 spiro atoms. The maximum atomic E-state index is 10.2. The van der Waals surface area contributed by atoms with Crippen molar-refractivity contribution in [1.29, 1.82) is 0 Å². The largest absolute Gasteiger partial charge is 0.394 e. The van der Waals surface area contributed by atoms with Gasteiger partial charge in [-0.1, -0.05) is 0 Å². The molecule has 15 heteroatoms. The molecule has 2 fully saturated rings. The SMILES string of the molecule is C1COCO1.Nc1cc[nH]c(=O)n1.Nc1ncnc2c1ncn2[C@@H]1O[C@H](CO)[C@@H](O)[C@H]1O. The van der Waals surface area contributed by atoms with Gasteiger partial charge in [-0.05, 0) is 6.07 Å². The number of nitrogen functional groups attached to an aromatic ring is 2. The summed E-state index contributed by atoms with van der Waals surface area (Å²) in [5.74, 6) is 0.462. The van der Waals surface area contributed by atoms with Crippen LogP contribution in [0.3, 0.4) is 0 Å². The van der Waals surface area contributed by atoms with E-state index in [4.69, 9.17) is 30.8 Å². The van der Waals surface area contributed by atoms with Crippen LogP contribution in [0.25, 0.3) is 11.2 Å². The lowest BCUT2D eigenvalue weighted by molar-refractivity contribution is -0.0511. The van der Waals surface area contributed by atoms with Crippen molar-refractivity contribution in [3.63, 3.8) is 0 Å². The molecule has 0 saturated carbocycles. The standard InChI is InChI=1S/C10H13N5O4.C4H5N3O.C3H6O2/c11-8-5-9(13-2-12-8)15(3-14-5)10-7(18)6(17)4(1-16)19-10;5-3-1-2-6-4(8)7-3;1-2-5-3-4-1/h2-4,6-7,10,16-18H,1H2,(H2,11,12,13);1-2H,(H3,5,6,7,8);1-3H2/t4-,6-,7-,10-;;/m1../s1. The number of hydrogen-bond acceptors (Lipinski definition) is 13. The highest BCUT2D eigenvalue weighted by Crippen LogP contribution is 2.31. The van der Waals surface area contributed by atoms with Crippen molar-refractivity contribution in [3.05, 3.63) is 35.4 Å². The van der Waals surface area contributed by atoms with Crippen molar-refractivity contribution in [2.45, 2.75) is 24.5 Å². The molecule has 0 bridgehead atoms. The summed E-state index contributed by atoms with van der Waals surface area (Å²) < 4.78 is 16.3. The monoisotopic (exact) mass is 452 g/mol. The van der Waals surface area contributed by atoms with Crippen LogP contribution in [0.5, 0.6) is 0 Å². The molecule has 2 aliphatic rings. The third kappa shape index (κ3) is 5.52. The third-order valence-electron chi connectivity index (χ3n) is 4.41. The van der Waals surface area contributed by atoms with Crippen molar-refractivity contribution in [3.8, 4) is 0 Å². The molecule has 0 amide bonds. The molecule has 15 nitrogen and oxygen atoms in total. The Morgan fingerprint density at radius 2 is 1.91 bits per heavy atom. The van der Waals surface area contributed by atoms with Crippen LogP contribution in [0.4, 0.5) is 11.6 Å². The van der Waals surface area contributed by atoms with Gasteiger partial charge in [0.15, 0.2) is 17.7 Å². The molecule has 0 radical (unpaired) electrons. The van der Waals surface area contributed by atoms with E-state index in [1.807, 2.05) is 0 Å². The molecule has 4 atom stereocenters. The zero-order chi connectivity index (χ0) is 23.1. The van der Waals surface area contributed by atoms with Crippen LogP contribution in [0.15, 0.2) is 29.7 Å². The summed E-state index contributed by atoms with van der Waals surface area (Å²) in [6.07, 6.45) is 0.0261. The summed E-state index contributed by atoms with van der Waals surface area (Å²) in [6, 6.07) is 1.52. The number of nitrogens with two attached hydrogens (primary N) is 2. The minimum absolute atomic E-state index is 0.218. The maximum absolute atomic E-state index is 10.2. The van der Waals surface area contributed by atoms with Gasteiger partial charge < -0.3 is 46.0 Å². The van der Waals surface area contributed by atoms with E-state index in [2.05, 4.69) is 24.9 Å². The number of hydrogen-bond donors (Lipinski definition) is 6. The van der Waals surface area contributed by atoms with Crippen molar-refractivity contribution in [2.24, 2.45) is 0 Å². The predicted molar refractivity (Wildman–Crippen MR) is 109 cm³/mol. The van der Waals surface area contributed by atoms with Crippen LogP contribution in [0.1, 0.15) is 6.23 Å². The number of anilines is 2. The van der Waals surface area contributed by atoms with E-state index >= 15 is 0 Å². The molecule has 2 aliphatic heterocycles. The second-order valence-electron chi connectivity index (χ2n) is 6.57. The molecule has 0 aliphatic carbocycles. The van der Waals surface area contributed by atoms with Crippen LogP contribution < -0.4 is 17.2 Å². The maximum Gasteiger partial charge on any atom is 0.346 e. The van der Waals surface area contributed by atoms with E-state index in [0.29, 0.717) is 18.0 Å². The van der Waals surface area contributed by atoms with Gasteiger partial charge in [-0.25, -0.2) is 19.7 Å². The van der Waals surface area contributed by atoms with E-state index in [0.717, 1.165) is 13.2 Å². The van der Waals surface area contributed by atoms with Gasteiger partial charge in [-0.2, -0.15) is 4.98 Å². The molecule has 3 aromatic heterocycles. The van der Waals surface area contributed by atoms with E-state index < -0.39 is 36.8 Å². The molecule has 2 saturated heterocycles. The minimum Gasteiger partial charge on any atom is -0.394 e. The van der Waals surface area contributed by atoms with E-state index in [9.17, 15) is 15.0 Å². The lowest BCUT2D eigenvalue weighted by atomic mass is 10.1. The number of imidazole rings is 1. The Labute approximate surface area is 180 Å². The molecule has 0 aromatic carbocycles. The molecule has 5 rings (SSSR count). The quantitative estimate of drug-likeness (QED) is 0.234. The molecule has 3 aromatic rings. The van der Waals surface area contributed by atoms with Gasteiger partial charge in [0.1, 0.15) is 42.8 Å². The van der Waals surface area contributed by atoms with Gasteiger partial charge >= 0.3 is 5.69 Å². The molecule has 8 N–H and O–H groups in total. The van der Waals surface area contributed by atoms with Gasteiger partial charge in [0.25, 0.3) is 0 Å². The summed E-state index contributed by atoms with van der Waals surface area (Å²) in [5.41, 5.74) is 11.2. The average Bonchev–Trinajstić information content (AvgIpc) is 3.52. The van der Waals surface area contributed by atoms with Crippen molar-refractivity contribution >= 4 is 22.8 Å². The normalized spacial score (nSPS) is 24.5. The lowest BCUT2D eigenvalue weighted by Crippen LogP contribution is -2.33. The fourth-order valence-electron chi connectivity index (χ4n) is 2.85. The first kappa shape index (κ1) is 23.5. The van der Waals surface area contributed by atoms with Crippen LogP contribution >= 0.6 is 0 Å². The second kappa shape index (κ2) is 10.9. The Morgan fingerprint density at radius 1 is 1.16 bits per heavy atom. The highest BCUT2D eigenvalue weighted by Gasteiger charge is 2.43. The number of nitrogens with one attached hydrogen (secondary N) is 1. The van der Waals surface area contributed by atoms with Crippen LogP contribution in [-0.4, -0.2) is 89.7 Å². The fourth-order valence-corrected chi connectivity index (χ4v) is 2.85. The Morgan fingerprint density at radius 3 is 2.44 bits per heavy atom. The van der Waals surface area contributed by atoms with Crippen molar-refractivity contribution in [1.82, 2.24) is 29.5 Å². The average molecular weight is 452 g/mol. The van der Waals surface area contributed by atoms with Crippen LogP contribution in [0.2, 0.25) is 0 Å². The summed E-state index contributed by atoms with van der Waals surface area (Å²) in [7, 11) is 0. The van der Waals surface area contributed by atoms with Crippen LogP contribution in [0, 0.1) is 0 Å². The number of aromatic nitrogens is 6. The number of ether oxygens (including phenoxy) is 3. The smallest absolute Gasteiger partial charge is 0.346 e. The highest BCUT2D eigenvalue weighted by atomic mass is 16.7. The first-order valence-corrected chi connectivity index (χ1v) is 9.44. The topological polar surface area (TPSA) is 230 Å². The van der Waals surface area contributed by atoms with Gasteiger partial charge in [0.2, 0.25) is 0 Å². The molecule has 5 heterocycles. The summed E-state index contributed by atoms with van der Waals surface area (Å²) in [6.45, 7) is 1.67. The highest BCUT2D eigenvalue weighted by molar-refractivity contribution is 5.81. The van der Waals surface area contributed by atoms with E-state index in [-0.39, 0.29) is 11.6 Å². The first-order valence-electron chi connectivity index (χ1n) is 9.44. The van der Waals surface area contributed by atoms with Gasteiger partial charge in [0.05, 0.1) is 26.1 Å². The number of fused-ring (bicyclic) bond motifs is 1. The fraction of sp³-hybridized carbons (Fsp3) is 0.471. The molecular formula is C17H24N8O7. The Kier molecular flexibility index (Phi) is 7.98. The number of aromatic amines is 1. The van der Waals surface area contributed by atoms with Gasteiger partial charge in [0, 0.05) is 6.20 Å². The van der Waals surface area contributed by atoms with Crippen molar-refractivity contribution in [2.75, 3.05) is 38.1 Å². The zero-order valence-corrected chi connectivity index (χ0v) is 16.8. The Bertz CT molecular complexity index is 1050. The first-order chi connectivity index (χ1) is 15.4. The molecule has 0 unspecified atom stereocenters. The Hall–Kier alpha value is -3.21. The van der Waals surface area contributed by atoms with Gasteiger partial charge in [-0.3, -0.25) is 4.57 Å². The lowest BCUT2D eigenvalue weighted by Gasteiger charge is -2.16. The number of rotatable bonds is 2.